The van der Waals surface area contributed by atoms with Crippen molar-refractivity contribution in [3.8, 4) is 0 Å². The van der Waals surface area contributed by atoms with Crippen LogP contribution in [0.15, 0.2) is 12.1 Å². The molecule has 0 saturated carbocycles. The summed E-state index contributed by atoms with van der Waals surface area (Å²) in [7, 11) is 0. The van der Waals surface area contributed by atoms with Crippen molar-refractivity contribution in [2.45, 2.75) is 32.2 Å². The molecule has 1 unspecified atom stereocenters. The number of thioether (sulfide) groups is 1. The van der Waals surface area contributed by atoms with E-state index in [9.17, 15) is 0 Å². The van der Waals surface area contributed by atoms with Gasteiger partial charge in [0.1, 0.15) is 11.3 Å². The number of hydrogen-bond acceptors (Lipinski definition) is 3. The number of rotatable bonds is 5. The Balaban J connectivity index is 2.43. The van der Waals surface area contributed by atoms with Crippen molar-refractivity contribution >= 4 is 34.5 Å². The monoisotopic (exact) mass is 283 g/mol. The highest BCUT2D eigenvalue weighted by atomic mass is 35.5. The van der Waals surface area contributed by atoms with E-state index < -0.39 is 0 Å². The molecule has 1 atom stereocenters. The van der Waals surface area contributed by atoms with Crippen molar-refractivity contribution in [2.75, 3.05) is 12.0 Å². The maximum atomic E-state index is 6.22. The molecular weight excluding hydrogens is 266 g/mol. The second-order valence-corrected chi connectivity index (χ2v) is 6.02. The minimum atomic E-state index is -0.0891. The molecule has 98 valence electrons. The molecule has 0 aliphatic heterocycles. The van der Waals surface area contributed by atoms with E-state index in [4.69, 9.17) is 11.6 Å². The SMILES string of the molecule is CSCCCn1c(C(C)Cl)nc2ccc(C)nc21. The summed E-state index contributed by atoms with van der Waals surface area (Å²) in [5, 5.41) is -0.0891. The number of alkyl halides is 1. The number of hydrogen-bond donors (Lipinski definition) is 0. The van der Waals surface area contributed by atoms with Gasteiger partial charge in [0.2, 0.25) is 0 Å². The van der Waals surface area contributed by atoms with Crippen LogP contribution in [-0.4, -0.2) is 26.5 Å². The Morgan fingerprint density at radius 2 is 2.17 bits per heavy atom. The number of pyridine rings is 1. The zero-order chi connectivity index (χ0) is 13.1. The van der Waals surface area contributed by atoms with Crippen LogP contribution < -0.4 is 0 Å². The van der Waals surface area contributed by atoms with Gasteiger partial charge in [0.25, 0.3) is 0 Å². The molecule has 0 aromatic carbocycles. The molecule has 0 amide bonds. The topological polar surface area (TPSA) is 30.7 Å². The van der Waals surface area contributed by atoms with E-state index in [2.05, 4.69) is 20.8 Å². The number of fused-ring (bicyclic) bond motifs is 1. The molecule has 0 spiro atoms. The second kappa shape index (κ2) is 5.93. The zero-order valence-corrected chi connectivity index (χ0v) is 12.6. The Kier molecular flexibility index (Phi) is 4.51. The molecule has 0 bridgehead atoms. The van der Waals surface area contributed by atoms with Crippen molar-refractivity contribution in [1.82, 2.24) is 14.5 Å². The van der Waals surface area contributed by atoms with E-state index in [1.54, 1.807) is 0 Å². The molecule has 0 saturated heterocycles. The standard InChI is InChI=1S/C13H18ClN3S/c1-9-5-6-11-13(15-9)17(7-4-8-18-3)12(16-11)10(2)14/h5-6,10H,4,7-8H2,1-3H3. The minimum absolute atomic E-state index is 0.0891. The summed E-state index contributed by atoms with van der Waals surface area (Å²) in [5.41, 5.74) is 2.91. The Morgan fingerprint density at radius 1 is 1.39 bits per heavy atom. The predicted octanol–water partition coefficient (Wildman–Crippen LogP) is 3.79. The van der Waals surface area contributed by atoms with Crippen LogP contribution in [0.5, 0.6) is 0 Å². The largest absolute Gasteiger partial charge is 0.311 e. The first-order valence-corrected chi connectivity index (χ1v) is 7.93. The summed E-state index contributed by atoms with van der Waals surface area (Å²) in [4.78, 5) is 9.19. The van der Waals surface area contributed by atoms with Gasteiger partial charge >= 0.3 is 0 Å². The fourth-order valence-corrected chi connectivity index (χ4v) is 2.59. The summed E-state index contributed by atoms with van der Waals surface area (Å²) in [6.07, 6.45) is 3.23. The molecule has 0 aliphatic rings. The van der Waals surface area contributed by atoms with Crippen LogP contribution in [0.4, 0.5) is 0 Å². The predicted molar refractivity (Wildman–Crippen MR) is 79.5 cm³/mol. The van der Waals surface area contributed by atoms with E-state index in [-0.39, 0.29) is 5.38 Å². The highest BCUT2D eigenvalue weighted by Crippen LogP contribution is 2.24. The van der Waals surface area contributed by atoms with Crippen LogP contribution >= 0.6 is 23.4 Å². The summed E-state index contributed by atoms with van der Waals surface area (Å²) in [6, 6.07) is 4.01. The number of nitrogens with zero attached hydrogens (tertiary/aromatic N) is 3. The third kappa shape index (κ3) is 2.81. The van der Waals surface area contributed by atoms with Crippen LogP contribution in [0.2, 0.25) is 0 Å². The van der Waals surface area contributed by atoms with Crippen molar-refractivity contribution < 1.29 is 0 Å². The molecule has 3 nitrogen and oxygen atoms in total. The number of aromatic nitrogens is 3. The smallest absolute Gasteiger partial charge is 0.160 e. The summed E-state index contributed by atoms with van der Waals surface area (Å²) in [6.45, 7) is 4.89. The first-order chi connectivity index (χ1) is 8.63. The van der Waals surface area contributed by atoms with Crippen LogP contribution in [0.3, 0.4) is 0 Å². The van der Waals surface area contributed by atoms with Gasteiger partial charge < -0.3 is 4.57 Å². The van der Waals surface area contributed by atoms with Gasteiger partial charge in [-0.1, -0.05) is 0 Å². The lowest BCUT2D eigenvalue weighted by atomic mass is 10.3. The Labute approximate surface area is 117 Å². The Morgan fingerprint density at radius 3 is 2.83 bits per heavy atom. The molecule has 18 heavy (non-hydrogen) atoms. The molecule has 2 heterocycles. The highest BCUT2D eigenvalue weighted by Gasteiger charge is 2.15. The van der Waals surface area contributed by atoms with Gasteiger partial charge in [-0.25, -0.2) is 9.97 Å². The highest BCUT2D eigenvalue weighted by molar-refractivity contribution is 7.98. The first-order valence-electron chi connectivity index (χ1n) is 6.10. The van der Waals surface area contributed by atoms with Crippen LogP contribution in [-0.2, 0) is 6.54 Å². The minimum Gasteiger partial charge on any atom is -0.311 e. The molecule has 2 aromatic heterocycles. The first kappa shape index (κ1) is 13.7. The van der Waals surface area contributed by atoms with Gasteiger partial charge in [-0.05, 0) is 44.4 Å². The lowest BCUT2D eigenvalue weighted by Crippen LogP contribution is -2.06. The maximum absolute atomic E-state index is 6.22. The molecule has 0 aliphatic carbocycles. The Hall–Kier alpha value is -0.740. The van der Waals surface area contributed by atoms with Gasteiger partial charge in [-0.2, -0.15) is 11.8 Å². The third-order valence-corrected chi connectivity index (χ3v) is 3.74. The van der Waals surface area contributed by atoms with E-state index in [0.717, 1.165) is 41.4 Å². The van der Waals surface area contributed by atoms with Crippen LogP contribution in [0, 0.1) is 6.92 Å². The van der Waals surface area contributed by atoms with Gasteiger partial charge in [0, 0.05) is 12.2 Å². The third-order valence-electron chi connectivity index (χ3n) is 2.85. The summed E-state index contributed by atoms with van der Waals surface area (Å²) >= 11 is 8.08. The van der Waals surface area contributed by atoms with E-state index in [1.807, 2.05) is 37.7 Å². The fourth-order valence-electron chi connectivity index (χ4n) is 2.00. The lowest BCUT2D eigenvalue weighted by Gasteiger charge is -2.09. The summed E-state index contributed by atoms with van der Waals surface area (Å²) < 4.78 is 2.16. The molecule has 0 radical (unpaired) electrons. The van der Waals surface area contributed by atoms with E-state index in [0.29, 0.717) is 0 Å². The van der Waals surface area contributed by atoms with Crippen molar-refractivity contribution in [1.29, 1.82) is 0 Å². The Bertz CT molecular complexity index is 536. The average Bonchev–Trinajstić information content (AvgIpc) is 2.68. The van der Waals surface area contributed by atoms with Crippen molar-refractivity contribution in [3.63, 3.8) is 0 Å². The molecular formula is C13H18ClN3S. The second-order valence-electron chi connectivity index (χ2n) is 4.38. The van der Waals surface area contributed by atoms with Crippen molar-refractivity contribution in [2.24, 2.45) is 0 Å². The van der Waals surface area contributed by atoms with E-state index in [1.165, 1.54) is 0 Å². The maximum Gasteiger partial charge on any atom is 0.160 e. The van der Waals surface area contributed by atoms with Crippen molar-refractivity contribution in [3.05, 3.63) is 23.7 Å². The lowest BCUT2D eigenvalue weighted by molar-refractivity contribution is 0.653. The number of aryl methyl sites for hydroxylation is 2. The fraction of sp³-hybridized carbons (Fsp3) is 0.538. The van der Waals surface area contributed by atoms with Gasteiger partial charge in [-0.3, -0.25) is 0 Å². The quantitative estimate of drug-likeness (QED) is 0.618. The molecule has 5 heteroatoms. The van der Waals surface area contributed by atoms with Gasteiger partial charge in [0.15, 0.2) is 5.65 Å². The van der Waals surface area contributed by atoms with Gasteiger partial charge in [0.05, 0.1) is 5.38 Å². The van der Waals surface area contributed by atoms with Crippen LogP contribution in [0.25, 0.3) is 11.2 Å². The van der Waals surface area contributed by atoms with E-state index >= 15 is 0 Å². The van der Waals surface area contributed by atoms with Gasteiger partial charge in [-0.15, -0.1) is 11.6 Å². The zero-order valence-electron chi connectivity index (χ0n) is 11.0. The molecule has 0 fully saturated rings. The molecule has 0 N–H and O–H groups in total. The van der Waals surface area contributed by atoms with Crippen LogP contribution in [0.1, 0.15) is 30.2 Å². The number of halogens is 1. The average molecular weight is 284 g/mol. The molecule has 2 rings (SSSR count). The number of imidazole rings is 1. The normalized spacial score (nSPS) is 13.1. The summed E-state index contributed by atoms with van der Waals surface area (Å²) in [5.74, 6) is 2.06. The molecule has 2 aromatic rings.